The first-order valence-electron chi connectivity index (χ1n) is 7.14. The second kappa shape index (κ2) is 6.49. The molecule has 2 atom stereocenters. The zero-order chi connectivity index (χ0) is 15.5. The molecular weight excluding hydrogens is 272 g/mol. The van der Waals surface area contributed by atoms with Gasteiger partial charge in [-0.3, -0.25) is 0 Å². The van der Waals surface area contributed by atoms with E-state index in [1.165, 1.54) is 0 Å². The fourth-order valence-corrected chi connectivity index (χ4v) is 2.33. The predicted octanol–water partition coefficient (Wildman–Crippen LogP) is 2.00. The number of ether oxygens (including phenoxy) is 2. The Morgan fingerprint density at radius 2 is 2.24 bits per heavy atom. The van der Waals surface area contributed by atoms with E-state index in [0.29, 0.717) is 19.6 Å². The van der Waals surface area contributed by atoms with Gasteiger partial charge < -0.3 is 24.1 Å². The average molecular weight is 296 g/mol. The van der Waals surface area contributed by atoms with E-state index in [1.54, 1.807) is 24.5 Å². The topological polar surface area (TPSA) is 63.9 Å². The third-order valence-corrected chi connectivity index (χ3v) is 3.37. The van der Waals surface area contributed by atoms with Crippen LogP contribution in [0.5, 0.6) is 0 Å². The van der Waals surface area contributed by atoms with Crippen molar-refractivity contribution in [3.05, 3.63) is 24.2 Å². The molecule has 2 rings (SSSR count). The number of hydrogen-bond acceptors (Lipinski definition) is 5. The molecule has 0 saturated carbocycles. The van der Waals surface area contributed by atoms with Gasteiger partial charge in [0.1, 0.15) is 5.60 Å². The summed E-state index contributed by atoms with van der Waals surface area (Å²) in [6, 6.07) is 1.99. The highest BCUT2D eigenvalue weighted by atomic mass is 16.6. The molecule has 0 aliphatic carbocycles. The third kappa shape index (κ3) is 4.47. The molecule has 21 heavy (non-hydrogen) atoms. The molecule has 0 radical (unpaired) electrons. The number of carbonyl (C=O) groups is 1. The lowest BCUT2D eigenvalue weighted by atomic mass is 10.2. The minimum absolute atomic E-state index is 0.0376. The second-order valence-electron chi connectivity index (χ2n) is 6.28. The van der Waals surface area contributed by atoms with Gasteiger partial charge in [-0.05, 0) is 26.8 Å². The second-order valence-corrected chi connectivity index (χ2v) is 6.28. The van der Waals surface area contributed by atoms with Crippen LogP contribution in [0.4, 0.5) is 4.79 Å². The van der Waals surface area contributed by atoms with Crippen LogP contribution in [0.2, 0.25) is 0 Å². The van der Waals surface area contributed by atoms with E-state index in [2.05, 4.69) is 5.32 Å². The van der Waals surface area contributed by atoms with Crippen LogP contribution >= 0.6 is 0 Å². The van der Waals surface area contributed by atoms with E-state index in [0.717, 1.165) is 5.56 Å². The zero-order valence-corrected chi connectivity index (χ0v) is 13.1. The number of rotatable bonds is 4. The van der Waals surface area contributed by atoms with Crippen molar-refractivity contribution in [2.24, 2.45) is 0 Å². The molecule has 1 aromatic heterocycles. The minimum atomic E-state index is -0.484. The molecule has 1 aromatic rings. The van der Waals surface area contributed by atoms with Crippen molar-refractivity contribution in [1.29, 1.82) is 0 Å². The normalized spacial score (nSPS) is 22.6. The van der Waals surface area contributed by atoms with Gasteiger partial charge in [-0.25, -0.2) is 4.79 Å². The third-order valence-electron chi connectivity index (χ3n) is 3.37. The van der Waals surface area contributed by atoms with Gasteiger partial charge in [-0.15, -0.1) is 0 Å². The molecule has 0 spiro atoms. The molecule has 1 aliphatic rings. The molecule has 1 fully saturated rings. The maximum absolute atomic E-state index is 12.1. The first-order chi connectivity index (χ1) is 9.89. The Balaban J connectivity index is 1.89. The fourth-order valence-electron chi connectivity index (χ4n) is 2.33. The molecule has 1 aliphatic heterocycles. The molecule has 0 aromatic carbocycles. The fraction of sp³-hybridized carbons (Fsp3) is 0.667. The van der Waals surface area contributed by atoms with Gasteiger partial charge in [-0.1, -0.05) is 0 Å². The van der Waals surface area contributed by atoms with E-state index < -0.39 is 5.60 Å². The predicted molar refractivity (Wildman–Crippen MR) is 77.9 cm³/mol. The van der Waals surface area contributed by atoms with Gasteiger partial charge in [0.15, 0.2) is 0 Å². The summed E-state index contributed by atoms with van der Waals surface area (Å²) in [6.45, 7) is 7.39. The summed E-state index contributed by atoms with van der Waals surface area (Å²) in [7, 11) is 1.66. The van der Waals surface area contributed by atoms with Crippen molar-refractivity contribution < 1.29 is 18.7 Å². The highest BCUT2D eigenvalue weighted by Crippen LogP contribution is 2.18. The number of furan rings is 1. The van der Waals surface area contributed by atoms with Crippen molar-refractivity contribution in [2.75, 3.05) is 20.2 Å². The molecule has 0 unspecified atom stereocenters. The summed E-state index contributed by atoms with van der Waals surface area (Å²) in [5, 5.41) is 3.40. The van der Waals surface area contributed by atoms with Crippen LogP contribution in [0.15, 0.2) is 23.0 Å². The van der Waals surface area contributed by atoms with E-state index >= 15 is 0 Å². The monoisotopic (exact) mass is 296 g/mol. The van der Waals surface area contributed by atoms with Gasteiger partial charge in [0.25, 0.3) is 0 Å². The summed E-state index contributed by atoms with van der Waals surface area (Å²) in [5.41, 5.74) is 0.586. The molecule has 6 heteroatoms. The maximum Gasteiger partial charge on any atom is 0.410 e. The Labute approximate surface area is 125 Å². The Hall–Kier alpha value is -1.53. The average Bonchev–Trinajstić information content (AvgIpc) is 3.03. The first kappa shape index (κ1) is 15.9. The van der Waals surface area contributed by atoms with Crippen molar-refractivity contribution in [3.8, 4) is 0 Å². The SMILES string of the molecule is CO[C@H]1CN(C(=O)OC(C)(C)C)C[C@H]1NCc1ccoc1. The van der Waals surface area contributed by atoms with Crippen molar-refractivity contribution in [3.63, 3.8) is 0 Å². The van der Waals surface area contributed by atoms with Crippen LogP contribution in [0.1, 0.15) is 26.3 Å². The maximum atomic E-state index is 12.1. The zero-order valence-electron chi connectivity index (χ0n) is 13.1. The van der Waals surface area contributed by atoms with E-state index in [1.807, 2.05) is 26.8 Å². The highest BCUT2D eigenvalue weighted by molar-refractivity contribution is 5.68. The van der Waals surface area contributed by atoms with E-state index in [9.17, 15) is 4.79 Å². The Morgan fingerprint density at radius 3 is 2.81 bits per heavy atom. The van der Waals surface area contributed by atoms with Crippen LogP contribution in [-0.4, -0.2) is 48.9 Å². The molecule has 6 nitrogen and oxygen atoms in total. The van der Waals surface area contributed by atoms with Gasteiger partial charge in [-0.2, -0.15) is 0 Å². The highest BCUT2D eigenvalue weighted by Gasteiger charge is 2.37. The number of nitrogens with one attached hydrogen (secondary N) is 1. The summed E-state index contributed by atoms with van der Waals surface area (Å²) < 4.78 is 15.9. The lowest BCUT2D eigenvalue weighted by Gasteiger charge is -2.24. The van der Waals surface area contributed by atoms with Gasteiger partial charge in [0.05, 0.1) is 31.2 Å². The minimum Gasteiger partial charge on any atom is -0.472 e. The molecule has 1 amide bonds. The number of hydrogen-bond donors (Lipinski definition) is 1. The number of amides is 1. The van der Waals surface area contributed by atoms with Crippen LogP contribution in [-0.2, 0) is 16.0 Å². The largest absolute Gasteiger partial charge is 0.472 e. The molecule has 1 N–H and O–H groups in total. The lowest BCUT2D eigenvalue weighted by Crippen LogP contribution is -2.40. The van der Waals surface area contributed by atoms with Gasteiger partial charge in [0, 0.05) is 25.8 Å². The number of methoxy groups -OCH3 is 1. The van der Waals surface area contributed by atoms with Crippen LogP contribution in [0, 0.1) is 0 Å². The Morgan fingerprint density at radius 1 is 1.48 bits per heavy atom. The molecule has 2 heterocycles. The van der Waals surface area contributed by atoms with Gasteiger partial charge >= 0.3 is 6.09 Å². The Kier molecular flexibility index (Phi) is 4.90. The standard InChI is InChI=1S/C15H24N2O4/c1-15(2,3)21-14(18)17-8-12(13(9-17)19-4)16-7-11-5-6-20-10-11/h5-6,10,12-13,16H,7-9H2,1-4H3/t12-,13+/m1/s1. The Bertz CT molecular complexity index is 453. The molecule has 118 valence electrons. The quantitative estimate of drug-likeness (QED) is 0.920. The lowest BCUT2D eigenvalue weighted by molar-refractivity contribution is 0.0252. The summed E-state index contributed by atoms with van der Waals surface area (Å²) in [6.07, 6.45) is 3.02. The summed E-state index contributed by atoms with van der Waals surface area (Å²) >= 11 is 0. The molecule has 1 saturated heterocycles. The molecule has 0 bridgehead atoms. The summed E-state index contributed by atoms with van der Waals surface area (Å²) in [5.74, 6) is 0. The van der Waals surface area contributed by atoms with Gasteiger partial charge in [0.2, 0.25) is 0 Å². The van der Waals surface area contributed by atoms with E-state index in [4.69, 9.17) is 13.9 Å². The number of carbonyl (C=O) groups excluding carboxylic acids is 1. The smallest absolute Gasteiger partial charge is 0.410 e. The number of likely N-dealkylation sites (tertiary alicyclic amines) is 1. The van der Waals surface area contributed by atoms with Crippen molar-refractivity contribution in [1.82, 2.24) is 10.2 Å². The summed E-state index contributed by atoms with van der Waals surface area (Å²) in [4.78, 5) is 13.8. The number of nitrogens with zero attached hydrogens (tertiary/aromatic N) is 1. The first-order valence-corrected chi connectivity index (χ1v) is 7.14. The van der Waals surface area contributed by atoms with Crippen LogP contribution in [0.3, 0.4) is 0 Å². The van der Waals surface area contributed by atoms with Crippen LogP contribution < -0.4 is 5.32 Å². The van der Waals surface area contributed by atoms with Crippen LogP contribution in [0.25, 0.3) is 0 Å². The van der Waals surface area contributed by atoms with E-state index in [-0.39, 0.29) is 18.2 Å². The molecular formula is C15H24N2O4. The van der Waals surface area contributed by atoms with Crippen molar-refractivity contribution in [2.45, 2.75) is 45.1 Å². The van der Waals surface area contributed by atoms with Crippen molar-refractivity contribution >= 4 is 6.09 Å².